The van der Waals surface area contributed by atoms with Crippen molar-refractivity contribution in [3.63, 3.8) is 0 Å². The Balaban J connectivity index is 2.28. The van der Waals surface area contributed by atoms with Gasteiger partial charge in [0.25, 0.3) is 0 Å². The van der Waals surface area contributed by atoms with Crippen LogP contribution < -0.4 is 0 Å². The van der Waals surface area contributed by atoms with Gasteiger partial charge in [0, 0.05) is 5.41 Å². The quantitative estimate of drug-likeness (QED) is 0.622. The van der Waals surface area contributed by atoms with Gasteiger partial charge in [0.05, 0.1) is 0 Å². The van der Waals surface area contributed by atoms with Gasteiger partial charge >= 0.3 is 0 Å². The maximum absolute atomic E-state index is 12.2. The van der Waals surface area contributed by atoms with E-state index in [0.717, 1.165) is 24.3 Å². The van der Waals surface area contributed by atoms with Gasteiger partial charge < -0.3 is 0 Å². The normalized spacial score (nSPS) is 42.2. The van der Waals surface area contributed by atoms with Crippen molar-refractivity contribution in [1.29, 1.82) is 0 Å². The lowest BCUT2D eigenvalue weighted by atomic mass is 9.65. The van der Waals surface area contributed by atoms with Crippen LogP contribution in [-0.2, 0) is 4.79 Å². The van der Waals surface area contributed by atoms with E-state index in [0.29, 0.717) is 11.7 Å². The van der Waals surface area contributed by atoms with Gasteiger partial charge in [-0.25, -0.2) is 0 Å². The number of Topliss-reactive ketones (excluding diaryl/α,β-unsaturated/α-hetero) is 1. The third-order valence-corrected chi connectivity index (χ3v) is 4.15. The second-order valence-corrected chi connectivity index (χ2v) is 5.29. The molecule has 3 atom stereocenters. The van der Waals surface area contributed by atoms with Gasteiger partial charge in [-0.15, -0.1) is 0 Å². The van der Waals surface area contributed by atoms with Crippen LogP contribution in [0.1, 0.15) is 46.5 Å². The molecule has 0 unspecified atom stereocenters. The summed E-state index contributed by atoms with van der Waals surface area (Å²) in [5.74, 6) is 1.71. The number of fused-ring (bicyclic) bond motifs is 1. The number of ketones is 1. The van der Waals surface area contributed by atoms with Crippen LogP contribution >= 0.6 is 0 Å². The molecule has 1 nitrogen and oxygen atoms in total. The van der Waals surface area contributed by atoms with Crippen LogP contribution in [0.4, 0.5) is 0 Å². The van der Waals surface area contributed by atoms with E-state index in [-0.39, 0.29) is 5.41 Å². The summed E-state index contributed by atoms with van der Waals surface area (Å²) in [6, 6.07) is 0. The van der Waals surface area contributed by atoms with E-state index in [9.17, 15) is 4.79 Å². The summed E-state index contributed by atoms with van der Waals surface area (Å²) in [5.41, 5.74) is 1.05. The summed E-state index contributed by atoms with van der Waals surface area (Å²) in [7, 11) is 0. The van der Waals surface area contributed by atoms with Gasteiger partial charge in [-0.1, -0.05) is 33.3 Å². The average molecular weight is 192 g/mol. The Morgan fingerprint density at radius 3 is 2.86 bits per heavy atom. The predicted octanol–water partition coefficient (Wildman–Crippen LogP) is 3.35. The third-order valence-electron chi connectivity index (χ3n) is 4.15. The molecular weight excluding hydrogens is 172 g/mol. The highest BCUT2D eigenvalue weighted by molar-refractivity contribution is 6.02. The minimum Gasteiger partial charge on any atom is -0.294 e. The molecule has 0 N–H and O–H groups in total. The lowest BCUT2D eigenvalue weighted by Gasteiger charge is -2.38. The number of carbonyl (C=O) groups is 1. The summed E-state index contributed by atoms with van der Waals surface area (Å²) in [4.78, 5) is 12.2. The van der Waals surface area contributed by atoms with Crippen molar-refractivity contribution >= 4 is 5.78 Å². The van der Waals surface area contributed by atoms with Crippen molar-refractivity contribution in [2.75, 3.05) is 0 Å². The Hall–Kier alpha value is -0.590. The van der Waals surface area contributed by atoms with Crippen LogP contribution in [0, 0.1) is 17.3 Å². The molecule has 0 amide bonds. The number of allylic oxidation sites excluding steroid dienone is 2. The lowest BCUT2D eigenvalue weighted by molar-refractivity contribution is -0.126. The first-order valence-electron chi connectivity index (χ1n) is 5.83. The standard InChI is InChI=1S/C13H20O/c1-4-10-7-11-6-5-9(2)8-13(11,3)12(10)14/h7,9,11H,4-6,8H2,1-3H3/t9-,11+,13+/m0/s1. The van der Waals surface area contributed by atoms with E-state index in [1.54, 1.807) is 0 Å². The molecule has 0 radical (unpaired) electrons. The van der Waals surface area contributed by atoms with E-state index in [1.807, 2.05) is 0 Å². The number of carbonyl (C=O) groups excluding carboxylic acids is 1. The maximum Gasteiger partial charge on any atom is 0.164 e. The summed E-state index contributed by atoms with van der Waals surface area (Å²) < 4.78 is 0. The van der Waals surface area contributed by atoms with Crippen molar-refractivity contribution < 1.29 is 4.79 Å². The lowest BCUT2D eigenvalue weighted by Crippen LogP contribution is -2.36. The van der Waals surface area contributed by atoms with Crippen LogP contribution in [0.25, 0.3) is 0 Å². The Labute approximate surface area is 86.6 Å². The van der Waals surface area contributed by atoms with Crippen molar-refractivity contribution in [3.8, 4) is 0 Å². The van der Waals surface area contributed by atoms with Crippen LogP contribution in [-0.4, -0.2) is 5.78 Å². The number of hydrogen-bond donors (Lipinski definition) is 0. The van der Waals surface area contributed by atoms with E-state index in [1.165, 1.54) is 12.8 Å². The zero-order valence-corrected chi connectivity index (χ0v) is 9.47. The summed E-state index contributed by atoms with van der Waals surface area (Å²) >= 11 is 0. The zero-order valence-electron chi connectivity index (χ0n) is 9.47. The molecule has 14 heavy (non-hydrogen) atoms. The van der Waals surface area contributed by atoms with Crippen LogP contribution in [0.3, 0.4) is 0 Å². The molecule has 0 saturated heterocycles. The molecule has 78 valence electrons. The summed E-state index contributed by atoms with van der Waals surface area (Å²) in [6.07, 6.45) is 6.78. The fourth-order valence-electron chi connectivity index (χ4n) is 3.25. The number of rotatable bonds is 1. The molecule has 2 rings (SSSR count). The fourth-order valence-corrected chi connectivity index (χ4v) is 3.25. The van der Waals surface area contributed by atoms with Gasteiger partial charge in [0.2, 0.25) is 0 Å². The summed E-state index contributed by atoms with van der Waals surface area (Å²) in [5, 5.41) is 0. The van der Waals surface area contributed by atoms with E-state index >= 15 is 0 Å². The monoisotopic (exact) mass is 192 g/mol. The Morgan fingerprint density at radius 1 is 1.50 bits per heavy atom. The second kappa shape index (κ2) is 3.22. The maximum atomic E-state index is 12.2. The second-order valence-electron chi connectivity index (χ2n) is 5.29. The molecule has 0 bridgehead atoms. The van der Waals surface area contributed by atoms with Gasteiger partial charge in [-0.05, 0) is 36.7 Å². The van der Waals surface area contributed by atoms with Crippen molar-refractivity contribution in [2.45, 2.75) is 46.5 Å². The zero-order chi connectivity index (χ0) is 10.3. The van der Waals surface area contributed by atoms with E-state index in [2.05, 4.69) is 26.8 Å². The highest BCUT2D eigenvalue weighted by atomic mass is 16.1. The van der Waals surface area contributed by atoms with Crippen LogP contribution in [0.15, 0.2) is 11.6 Å². The molecule has 0 aromatic heterocycles. The predicted molar refractivity (Wildman–Crippen MR) is 58.0 cm³/mol. The minimum absolute atomic E-state index is 0.0387. The van der Waals surface area contributed by atoms with Gasteiger partial charge in [-0.3, -0.25) is 4.79 Å². The largest absolute Gasteiger partial charge is 0.294 e. The molecule has 0 spiro atoms. The third kappa shape index (κ3) is 1.25. The van der Waals surface area contributed by atoms with Crippen molar-refractivity contribution in [3.05, 3.63) is 11.6 Å². The molecule has 1 fully saturated rings. The molecule has 1 saturated carbocycles. The molecule has 0 aliphatic heterocycles. The van der Waals surface area contributed by atoms with E-state index < -0.39 is 0 Å². The van der Waals surface area contributed by atoms with Crippen LogP contribution in [0.5, 0.6) is 0 Å². The van der Waals surface area contributed by atoms with Crippen molar-refractivity contribution in [2.24, 2.45) is 17.3 Å². The van der Waals surface area contributed by atoms with Gasteiger partial charge in [0.1, 0.15) is 0 Å². The van der Waals surface area contributed by atoms with Gasteiger partial charge in [-0.2, -0.15) is 0 Å². The topological polar surface area (TPSA) is 17.1 Å². The highest BCUT2D eigenvalue weighted by Gasteiger charge is 2.48. The fraction of sp³-hybridized carbons (Fsp3) is 0.769. The molecule has 0 aromatic carbocycles. The minimum atomic E-state index is -0.0387. The smallest absolute Gasteiger partial charge is 0.164 e. The molecule has 2 aliphatic carbocycles. The average Bonchev–Trinajstić information content (AvgIpc) is 2.39. The Kier molecular flexibility index (Phi) is 2.29. The highest BCUT2D eigenvalue weighted by Crippen LogP contribution is 2.50. The molecular formula is C13H20O. The summed E-state index contributed by atoms with van der Waals surface area (Å²) in [6.45, 7) is 6.54. The van der Waals surface area contributed by atoms with Crippen molar-refractivity contribution in [1.82, 2.24) is 0 Å². The Bertz CT molecular complexity index is 290. The molecule has 1 heteroatoms. The SMILES string of the molecule is CCC1=C[C@H]2CC[C@H](C)C[C@@]2(C)C1=O. The first-order chi connectivity index (χ1) is 6.58. The molecule has 2 aliphatic rings. The molecule has 0 aromatic rings. The van der Waals surface area contributed by atoms with Crippen LogP contribution in [0.2, 0.25) is 0 Å². The van der Waals surface area contributed by atoms with E-state index in [4.69, 9.17) is 0 Å². The number of hydrogen-bond acceptors (Lipinski definition) is 1. The van der Waals surface area contributed by atoms with Gasteiger partial charge in [0.15, 0.2) is 5.78 Å². The first-order valence-corrected chi connectivity index (χ1v) is 5.83. The first kappa shape index (κ1) is 9.95. The Morgan fingerprint density at radius 2 is 2.21 bits per heavy atom. The molecule has 0 heterocycles.